The summed E-state index contributed by atoms with van der Waals surface area (Å²) < 4.78 is 0. The van der Waals surface area contributed by atoms with Crippen LogP contribution in [0.3, 0.4) is 0 Å². The SMILES string of the molecule is CCCC1=CC([Si](C)C)C(C)=C1.[Cl][Ti][Cl]. The fourth-order valence-corrected chi connectivity index (χ4v) is 3.38. The fourth-order valence-electron chi connectivity index (χ4n) is 1.84. The van der Waals surface area contributed by atoms with Gasteiger partial charge in [0.2, 0.25) is 0 Å². The Hall–Kier alpha value is 0.991. The van der Waals surface area contributed by atoms with Gasteiger partial charge in [-0.15, -0.1) is 0 Å². The molecular formula is C11H19Cl2SiTi. The summed E-state index contributed by atoms with van der Waals surface area (Å²) >= 11 is -0.556. The van der Waals surface area contributed by atoms with Crippen LogP contribution >= 0.6 is 18.6 Å². The van der Waals surface area contributed by atoms with Gasteiger partial charge in [0.1, 0.15) is 0 Å². The Balaban J connectivity index is 0.000000583. The molecule has 1 aliphatic carbocycles. The van der Waals surface area contributed by atoms with E-state index in [1.807, 2.05) is 0 Å². The van der Waals surface area contributed by atoms with Crippen molar-refractivity contribution in [2.45, 2.75) is 45.3 Å². The molecular weight excluding hydrogens is 279 g/mol. The molecule has 0 saturated carbocycles. The van der Waals surface area contributed by atoms with Crippen LogP contribution in [0.1, 0.15) is 26.7 Å². The standard InChI is InChI=1S/C11H19Si.2ClH.Ti/c1-5-6-10-7-9(2)11(8-10)12(3)4;;;/h7-8,11H,5-6H2,1-4H3;2*1H;/q;;;+2/p-2. The van der Waals surface area contributed by atoms with Crippen LogP contribution in [0.25, 0.3) is 0 Å². The summed E-state index contributed by atoms with van der Waals surface area (Å²) in [7, 11) is 9.62. The molecule has 85 valence electrons. The van der Waals surface area contributed by atoms with E-state index in [-0.39, 0.29) is 8.80 Å². The van der Waals surface area contributed by atoms with E-state index in [1.54, 1.807) is 11.1 Å². The van der Waals surface area contributed by atoms with Gasteiger partial charge < -0.3 is 0 Å². The summed E-state index contributed by atoms with van der Waals surface area (Å²) in [5.41, 5.74) is 3.99. The molecule has 1 aliphatic rings. The molecule has 0 aromatic carbocycles. The van der Waals surface area contributed by atoms with Crippen molar-refractivity contribution in [3.8, 4) is 0 Å². The Bertz CT molecular complexity index is 237. The van der Waals surface area contributed by atoms with Crippen LogP contribution in [0.4, 0.5) is 0 Å². The second-order valence-electron chi connectivity index (χ2n) is 4.01. The Morgan fingerprint density at radius 3 is 2.27 bits per heavy atom. The van der Waals surface area contributed by atoms with E-state index >= 15 is 0 Å². The van der Waals surface area contributed by atoms with Crippen molar-refractivity contribution in [1.29, 1.82) is 0 Å². The normalized spacial score (nSPS) is 19.3. The molecule has 0 spiro atoms. The third-order valence-corrected chi connectivity index (χ3v) is 4.31. The minimum absolute atomic E-state index is 0.156. The molecule has 0 aliphatic heterocycles. The summed E-state index contributed by atoms with van der Waals surface area (Å²) in [6.45, 7) is 9.33. The van der Waals surface area contributed by atoms with Crippen LogP contribution in [-0.2, 0) is 17.0 Å². The molecule has 0 saturated heterocycles. The second-order valence-corrected chi connectivity index (χ2v) is 9.36. The first-order chi connectivity index (χ1) is 7.06. The first-order valence-corrected chi connectivity index (χ1v) is 12.1. The quantitative estimate of drug-likeness (QED) is 0.630. The fraction of sp³-hybridized carbons (Fsp3) is 0.636. The van der Waals surface area contributed by atoms with E-state index in [0.717, 1.165) is 5.54 Å². The molecule has 1 rings (SSSR count). The van der Waals surface area contributed by atoms with E-state index in [0.29, 0.717) is 0 Å². The van der Waals surface area contributed by atoms with Crippen LogP contribution in [0, 0.1) is 0 Å². The van der Waals surface area contributed by atoms with Gasteiger partial charge in [-0.25, -0.2) is 0 Å². The molecule has 0 amide bonds. The molecule has 0 bridgehead atoms. The molecule has 0 aromatic heterocycles. The van der Waals surface area contributed by atoms with Gasteiger partial charge >= 0.3 is 35.6 Å². The van der Waals surface area contributed by atoms with Crippen molar-refractivity contribution in [2.24, 2.45) is 0 Å². The van der Waals surface area contributed by atoms with Gasteiger partial charge in [-0.3, -0.25) is 0 Å². The Morgan fingerprint density at radius 1 is 1.40 bits per heavy atom. The maximum absolute atomic E-state index is 4.89. The summed E-state index contributed by atoms with van der Waals surface area (Å²) in [6.07, 6.45) is 7.43. The number of allylic oxidation sites excluding steroid dienone is 4. The molecule has 0 N–H and O–H groups in total. The van der Waals surface area contributed by atoms with Crippen LogP contribution in [0.2, 0.25) is 18.6 Å². The first-order valence-electron chi connectivity index (χ1n) is 5.22. The van der Waals surface area contributed by atoms with Crippen molar-refractivity contribution in [3.05, 3.63) is 23.3 Å². The van der Waals surface area contributed by atoms with E-state index in [1.165, 1.54) is 12.8 Å². The summed E-state index contributed by atoms with van der Waals surface area (Å²) in [5.74, 6) is 0. The number of hydrogen-bond donors (Lipinski definition) is 0. The van der Waals surface area contributed by atoms with E-state index in [4.69, 9.17) is 18.6 Å². The predicted molar refractivity (Wildman–Crippen MR) is 69.7 cm³/mol. The van der Waals surface area contributed by atoms with Crippen LogP contribution < -0.4 is 0 Å². The molecule has 15 heavy (non-hydrogen) atoms. The van der Waals surface area contributed by atoms with Crippen molar-refractivity contribution in [3.63, 3.8) is 0 Å². The molecule has 0 fully saturated rings. The summed E-state index contributed by atoms with van der Waals surface area (Å²) in [4.78, 5) is 0. The van der Waals surface area contributed by atoms with Crippen molar-refractivity contribution < 1.29 is 17.0 Å². The Morgan fingerprint density at radius 2 is 1.93 bits per heavy atom. The topological polar surface area (TPSA) is 0 Å². The van der Waals surface area contributed by atoms with Gasteiger partial charge in [0.15, 0.2) is 0 Å². The minimum atomic E-state index is -0.556. The average molecular weight is 298 g/mol. The summed E-state index contributed by atoms with van der Waals surface area (Å²) in [5, 5.41) is 0. The van der Waals surface area contributed by atoms with E-state index < -0.39 is 17.0 Å². The monoisotopic (exact) mass is 297 g/mol. The van der Waals surface area contributed by atoms with Gasteiger partial charge in [0.25, 0.3) is 0 Å². The van der Waals surface area contributed by atoms with E-state index in [2.05, 4.69) is 39.1 Å². The predicted octanol–water partition coefficient (Wildman–Crippen LogP) is 5.17. The zero-order chi connectivity index (χ0) is 11.8. The molecule has 0 aromatic rings. The zero-order valence-electron chi connectivity index (χ0n) is 9.90. The number of hydrogen-bond acceptors (Lipinski definition) is 0. The molecule has 1 unspecified atom stereocenters. The number of rotatable bonds is 3. The molecule has 0 heterocycles. The van der Waals surface area contributed by atoms with Crippen LogP contribution in [-0.4, -0.2) is 8.80 Å². The maximum atomic E-state index is 4.89. The molecule has 4 heteroatoms. The van der Waals surface area contributed by atoms with Gasteiger partial charge in [0.05, 0.1) is 8.80 Å². The molecule has 1 radical (unpaired) electrons. The zero-order valence-corrected chi connectivity index (χ0v) is 14.0. The summed E-state index contributed by atoms with van der Waals surface area (Å²) in [6, 6.07) is 0. The Kier molecular flexibility index (Phi) is 9.67. The van der Waals surface area contributed by atoms with Gasteiger partial charge in [-0.2, -0.15) is 0 Å². The third-order valence-electron chi connectivity index (χ3n) is 2.45. The third kappa shape index (κ3) is 6.33. The van der Waals surface area contributed by atoms with Crippen molar-refractivity contribution in [1.82, 2.24) is 0 Å². The van der Waals surface area contributed by atoms with Crippen molar-refractivity contribution >= 4 is 27.4 Å². The molecule has 0 nitrogen and oxygen atoms in total. The van der Waals surface area contributed by atoms with Gasteiger partial charge in [-0.1, -0.05) is 49.7 Å². The Labute approximate surface area is 112 Å². The number of halogens is 2. The van der Waals surface area contributed by atoms with E-state index in [9.17, 15) is 0 Å². The first kappa shape index (κ1) is 16.0. The molecule has 1 atom stereocenters. The second kappa shape index (κ2) is 9.07. The van der Waals surface area contributed by atoms with Crippen LogP contribution in [0.15, 0.2) is 23.3 Å². The van der Waals surface area contributed by atoms with Gasteiger partial charge in [-0.05, 0) is 18.9 Å². The average Bonchev–Trinajstić information content (AvgIpc) is 2.49. The van der Waals surface area contributed by atoms with Crippen LogP contribution in [0.5, 0.6) is 0 Å². The van der Waals surface area contributed by atoms with Gasteiger partial charge in [0, 0.05) is 0 Å². The van der Waals surface area contributed by atoms with Crippen molar-refractivity contribution in [2.75, 3.05) is 0 Å².